The summed E-state index contributed by atoms with van der Waals surface area (Å²) in [6.45, 7) is 3.50. The highest BCUT2D eigenvalue weighted by molar-refractivity contribution is 5.37. The van der Waals surface area contributed by atoms with Crippen molar-refractivity contribution in [2.24, 2.45) is 0 Å². The molecule has 116 valence electrons. The van der Waals surface area contributed by atoms with Crippen LogP contribution in [0.15, 0.2) is 33.9 Å². The molecule has 1 aromatic heterocycles. The van der Waals surface area contributed by atoms with Gasteiger partial charge in [0.1, 0.15) is 6.10 Å². The first-order valence-corrected chi connectivity index (χ1v) is 6.62. The van der Waals surface area contributed by atoms with E-state index >= 15 is 0 Å². The summed E-state index contributed by atoms with van der Waals surface area (Å²) >= 11 is 0. The van der Waals surface area contributed by atoms with Crippen LogP contribution in [0.3, 0.4) is 0 Å². The van der Waals surface area contributed by atoms with Crippen LogP contribution in [0.25, 0.3) is 0 Å². The second-order valence-corrected chi connectivity index (χ2v) is 4.76. The molecule has 8 heteroatoms. The van der Waals surface area contributed by atoms with Gasteiger partial charge in [0.2, 0.25) is 0 Å². The second-order valence-electron chi connectivity index (χ2n) is 4.76. The number of nitrogens with one attached hydrogen (secondary N) is 1. The zero-order chi connectivity index (χ0) is 16.4. The van der Waals surface area contributed by atoms with Crippen molar-refractivity contribution in [2.45, 2.75) is 26.5 Å². The van der Waals surface area contributed by atoms with Gasteiger partial charge < -0.3 is 5.11 Å². The maximum Gasteiger partial charge on any atom is 0.328 e. The second kappa shape index (κ2) is 5.94. The van der Waals surface area contributed by atoms with Crippen molar-refractivity contribution >= 4 is 5.69 Å². The average molecular weight is 305 g/mol. The van der Waals surface area contributed by atoms with Crippen LogP contribution in [0, 0.1) is 17.0 Å². The predicted molar refractivity (Wildman–Crippen MR) is 78.9 cm³/mol. The van der Waals surface area contributed by atoms with Crippen LogP contribution < -0.4 is 11.2 Å². The van der Waals surface area contributed by atoms with E-state index in [0.717, 1.165) is 0 Å². The first-order chi connectivity index (χ1) is 10.4. The van der Waals surface area contributed by atoms with Gasteiger partial charge in [0.05, 0.1) is 10.6 Å². The third-order valence-electron chi connectivity index (χ3n) is 3.48. The first kappa shape index (κ1) is 15.6. The van der Waals surface area contributed by atoms with Crippen molar-refractivity contribution in [2.75, 3.05) is 0 Å². The molecule has 0 saturated carbocycles. The molecule has 0 aliphatic carbocycles. The number of hydrogen-bond acceptors (Lipinski definition) is 5. The first-order valence-electron chi connectivity index (χ1n) is 6.62. The summed E-state index contributed by atoms with van der Waals surface area (Å²) in [6.07, 6.45) is -1.23. The smallest absolute Gasteiger partial charge is 0.328 e. The molecule has 0 amide bonds. The van der Waals surface area contributed by atoms with Crippen LogP contribution in [0.1, 0.15) is 29.8 Å². The molecule has 8 nitrogen and oxygen atoms in total. The number of hydrogen-bond donors (Lipinski definition) is 2. The molecule has 0 spiro atoms. The molecule has 0 aliphatic rings. The molecule has 2 N–H and O–H groups in total. The summed E-state index contributed by atoms with van der Waals surface area (Å²) in [5.74, 6) is 0. The summed E-state index contributed by atoms with van der Waals surface area (Å²) < 4.78 is 1.27. The van der Waals surface area contributed by atoms with Gasteiger partial charge in [-0.3, -0.25) is 24.5 Å². The van der Waals surface area contributed by atoms with E-state index in [9.17, 15) is 24.8 Å². The number of non-ortho nitro benzene ring substituents is 1. The van der Waals surface area contributed by atoms with Gasteiger partial charge >= 0.3 is 5.69 Å². The van der Waals surface area contributed by atoms with Crippen LogP contribution in [0.5, 0.6) is 0 Å². The SMILES string of the molecule is CCn1c(C(O)c2ccc([N+](=O)[O-])cc2)c(C)c(=O)[nH]c1=O. The lowest BCUT2D eigenvalue weighted by molar-refractivity contribution is -0.384. The molecule has 22 heavy (non-hydrogen) atoms. The van der Waals surface area contributed by atoms with Crippen molar-refractivity contribution in [1.82, 2.24) is 9.55 Å². The van der Waals surface area contributed by atoms with Crippen molar-refractivity contribution in [3.63, 3.8) is 0 Å². The zero-order valence-electron chi connectivity index (χ0n) is 12.1. The van der Waals surface area contributed by atoms with Crippen molar-refractivity contribution in [1.29, 1.82) is 0 Å². The highest BCUT2D eigenvalue weighted by Crippen LogP contribution is 2.24. The maximum absolute atomic E-state index is 11.8. The lowest BCUT2D eigenvalue weighted by Crippen LogP contribution is -2.35. The molecule has 0 bridgehead atoms. The Balaban J connectivity index is 2.58. The molecular weight excluding hydrogens is 290 g/mol. The normalized spacial score (nSPS) is 12.1. The van der Waals surface area contributed by atoms with Crippen LogP contribution in [-0.4, -0.2) is 19.6 Å². The molecule has 0 aliphatic heterocycles. The minimum absolute atomic E-state index is 0.105. The Kier molecular flexibility index (Phi) is 4.22. The molecule has 0 saturated heterocycles. The molecule has 1 aromatic carbocycles. The summed E-state index contributed by atoms with van der Waals surface area (Å²) in [5, 5.41) is 21.1. The number of aromatic amines is 1. The Morgan fingerprint density at radius 3 is 2.41 bits per heavy atom. The molecule has 1 heterocycles. The van der Waals surface area contributed by atoms with Gasteiger partial charge in [-0.25, -0.2) is 4.79 Å². The topological polar surface area (TPSA) is 118 Å². The van der Waals surface area contributed by atoms with Crippen LogP contribution in [0.4, 0.5) is 5.69 Å². The maximum atomic E-state index is 11.8. The summed E-state index contributed by atoms with van der Waals surface area (Å²) in [5.41, 5.74) is -0.496. The summed E-state index contributed by atoms with van der Waals surface area (Å²) in [7, 11) is 0. The highest BCUT2D eigenvalue weighted by Gasteiger charge is 2.20. The minimum Gasteiger partial charge on any atom is -0.382 e. The molecule has 0 radical (unpaired) electrons. The Morgan fingerprint density at radius 2 is 1.91 bits per heavy atom. The quantitative estimate of drug-likeness (QED) is 0.641. The van der Waals surface area contributed by atoms with Gasteiger partial charge in [-0.1, -0.05) is 0 Å². The third-order valence-corrected chi connectivity index (χ3v) is 3.48. The Labute approximate surface area is 124 Å². The van der Waals surface area contributed by atoms with Crippen molar-refractivity contribution < 1.29 is 10.0 Å². The molecule has 1 atom stereocenters. The molecule has 2 aromatic rings. The number of nitro groups is 1. The van der Waals surface area contributed by atoms with E-state index in [4.69, 9.17) is 0 Å². The van der Waals surface area contributed by atoms with Crippen LogP contribution in [0.2, 0.25) is 0 Å². The fraction of sp³-hybridized carbons (Fsp3) is 0.286. The number of aliphatic hydroxyl groups excluding tert-OH is 1. The number of nitro benzene ring substituents is 1. The summed E-state index contributed by atoms with van der Waals surface area (Å²) in [6, 6.07) is 5.31. The lowest BCUT2D eigenvalue weighted by atomic mass is 10.0. The molecule has 0 fully saturated rings. The number of benzene rings is 1. The van der Waals surface area contributed by atoms with Gasteiger partial charge in [0, 0.05) is 24.2 Å². The fourth-order valence-electron chi connectivity index (χ4n) is 2.29. The van der Waals surface area contributed by atoms with Gasteiger partial charge in [-0.05, 0) is 31.5 Å². The number of aliphatic hydroxyl groups is 1. The molecule has 1 unspecified atom stereocenters. The number of rotatable bonds is 4. The Bertz CT molecular complexity index is 820. The van der Waals surface area contributed by atoms with Crippen molar-refractivity contribution in [3.8, 4) is 0 Å². The minimum atomic E-state index is -1.23. The number of aromatic nitrogens is 2. The van der Waals surface area contributed by atoms with E-state index in [1.807, 2.05) is 0 Å². The van der Waals surface area contributed by atoms with E-state index in [2.05, 4.69) is 4.98 Å². The largest absolute Gasteiger partial charge is 0.382 e. The van der Waals surface area contributed by atoms with E-state index in [1.165, 1.54) is 35.8 Å². The van der Waals surface area contributed by atoms with E-state index in [-0.39, 0.29) is 23.5 Å². The predicted octanol–water partition coefficient (Wildman–Crippen LogP) is 0.855. The lowest BCUT2D eigenvalue weighted by Gasteiger charge is -2.18. The van der Waals surface area contributed by atoms with Crippen LogP contribution >= 0.6 is 0 Å². The Morgan fingerprint density at radius 1 is 1.32 bits per heavy atom. The van der Waals surface area contributed by atoms with E-state index in [0.29, 0.717) is 5.56 Å². The highest BCUT2D eigenvalue weighted by atomic mass is 16.6. The summed E-state index contributed by atoms with van der Waals surface area (Å²) in [4.78, 5) is 35.9. The monoisotopic (exact) mass is 305 g/mol. The van der Waals surface area contributed by atoms with Crippen LogP contribution in [-0.2, 0) is 6.54 Å². The molecule has 2 rings (SSSR count). The van der Waals surface area contributed by atoms with Gasteiger partial charge in [0.15, 0.2) is 0 Å². The Hall–Kier alpha value is -2.74. The third kappa shape index (κ3) is 2.68. The standard InChI is InChI=1S/C14H15N3O5/c1-3-16-11(8(2)13(19)15-14(16)20)12(18)9-4-6-10(7-5-9)17(21)22/h4-7,12,18H,3H2,1-2H3,(H,15,19,20). The number of nitrogens with zero attached hydrogens (tertiary/aromatic N) is 2. The average Bonchev–Trinajstić information content (AvgIpc) is 2.50. The van der Waals surface area contributed by atoms with Crippen molar-refractivity contribution in [3.05, 3.63) is 72.0 Å². The fourth-order valence-corrected chi connectivity index (χ4v) is 2.29. The zero-order valence-corrected chi connectivity index (χ0v) is 12.1. The van der Waals surface area contributed by atoms with E-state index < -0.39 is 22.3 Å². The van der Waals surface area contributed by atoms with Gasteiger partial charge in [-0.15, -0.1) is 0 Å². The van der Waals surface area contributed by atoms with E-state index in [1.54, 1.807) is 6.92 Å². The van der Waals surface area contributed by atoms with Gasteiger partial charge in [-0.2, -0.15) is 0 Å². The number of H-pyrrole nitrogens is 1. The van der Waals surface area contributed by atoms with Gasteiger partial charge in [0.25, 0.3) is 11.2 Å². The molecular formula is C14H15N3O5.